The van der Waals surface area contributed by atoms with E-state index in [1.54, 1.807) is 18.6 Å². The van der Waals surface area contributed by atoms with E-state index in [0.717, 1.165) is 10.1 Å². The molecule has 0 spiro atoms. The molecule has 2 aromatic heterocycles. The number of hydrogen-bond acceptors (Lipinski definition) is 5. The van der Waals surface area contributed by atoms with Crippen molar-refractivity contribution in [3.05, 3.63) is 30.4 Å². The van der Waals surface area contributed by atoms with Gasteiger partial charge in [-0.1, -0.05) is 0 Å². The van der Waals surface area contributed by atoms with Crippen LogP contribution < -0.4 is 0 Å². The summed E-state index contributed by atoms with van der Waals surface area (Å²) < 4.78 is 1.82. The number of rotatable bonds is 2. The number of aromatic nitrogens is 4. The van der Waals surface area contributed by atoms with Crippen molar-refractivity contribution in [2.24, 2.45) is 7.05 Å². The third-order valence-corrected chi connectivity index (χ3v) is 2.77. The van der Waals surface area contributed by atoms with Crippen molar-refractivity contribution in [1.82, 2.24) is 19.7 Å². The standard InChI is InChI=1S/C9H7N5S/c1-14-6-12-13-9(14)15-8-2-3-11-7(4-8)5-10/h2-4,6H,1H3. The van der Waals surface area contributed by atoms with E-state index in [0.29, 0.717) is 5.69 Å². The number of pyridine rings is 1. The van der Waals surface area contributed by atoms with Gasteiger partial charge in [0.25, 0.3) is 0 Å². The summed E-state index contributed by atoms with van der Waals surface area (Å²) in [7, 11) is 1.87. The summed E-state index contributed by atoms with van der Waals surface area (Å²) >= 11 is 1.45. The summed E-state index contributed by atoms with van der Waals surface area (Å²) in [6.45, 7) is 0. The molecule has 2 aromatic rings. The Morgan fingerprint density at radius 1 is 1.53 bits per heavy atom. The topological polar surface area (TPSA) is 67.4 Å². The Morgan fingerprint density at radius 3 is 3.07 bits per heavy atom. The van der Waals surface area contributed by atoms with Crippen molar-refractivity contribution in [3.8, 4) is 6.07 Å². The summed E-state index contributed by atoms with van der Waals surface area (Å²) in [6, 6.07) is 5.55. The van der Waals surface area contributed by atoms with Gasteiger partial charge in [-0.25, -0.2) is 4.98 Å². The van der Waals surface area contributed by atoms with Crippen molar-refractivity contribution in [2.75, 3.05) is 0 Å². The smallest absolute Gasteiger partial charge is 0.195 e. The van der Waals surface area contributed by atoms with Gasteiger partial charge in [0.05, 0.1) is 0 Å². The van der Waals surface area contributed by atoms with E-state index in [9.17, 15) is 0 Å². The highest BCUT2D eigenvalue weighted by Gasteiger charge is 2.04. The van der Waals surface area contributed by atoms with Crippen LogP contribution in [0.4, 0.5) is 0 Å². The first-order valence-electron chi connectivity index (χ1n) is 4.17. The zero-order valence-corrected chi connectivity index (χ0v) is 8.77. The highest BCUT2D eigenvalue weighted by atomic mass is 32.2. The summed E-state index contributed by atoms with van der Waals surface area (Å²) in [4.78, 5) is 4.82. The molecule has 0 aliphatic rings. The Hall–Kier alpha value is -1.87. The lowest BCUT2D eigenvalue weighted by atomic mass is 10.4. The predicted octanol–water partition coefficient (Wildman–Crippen LogP) is 1.23. The fourth-order valence-electron chi connectivity index (χ4n) is 1.01. The summed E-state index contributed by atoms with van der Waals surface area (Å²) in [6.07, 6.45) is 3.24. The first-order valence-corrected chi connectivity index (χ1v) is 4.99. The Kier molecular flexibility index (Phi) is 2.65. The molecule has 2 rings (SSSR count). The van der Waals surface area contributed by atoms with Crippen molar-refractivity contribution in [1.29, 1.82) is 5.26 Å². The maximum atomic E-state index is 8.69. The van der Waals surface area contributed by atoms with Gasteiger partial charge < -0.3 is 4.57 Å². The second-order valence-electron chi connectivity index (χ2n) is 2.82. The monoisotopic (exact) mass is 217 g/mol. The highest BCUT2D eigenvalue weighted by Crippen LogP contribution is 2.24. The molecule has 6 heteroatoms. The zero-order valence-electron chi connectivity index (χ0n) is 7.95. The molecule has 0 saturated carbocycles. The number of nitrogens with zero attached hydrogens (tertiary/aromatic N) is 5. The molecule has 2 heterocycles. The molecule has 0 aliphatic heterocycles. The van der Waals surface area contributed by atoms with Crippen LogP contribution in [0.1, 0.15) is 5.69 Å². The lowest BCUT2D eigenvalue weighted by Crippen LogP contribution is -1.89. The molecule has 0 aromatic carbocycles. The minimum Gasteiger partial charge on any atom is -0.311 e. The van der Waals surface area contributed by atoms with Crippen LogP contribution in [0.25, 0.3) is 0 Å². The Bertz CT molecular complexity index is 513. The molecule has 0 amide bonds. The van der Waals surface area contributed by atoms with Gasteiger partial charge in [0.15, 0.2) is 5.16 Å². The second-order valence-corrected chi connectivity index (χ2v) is 3.86. The molecule has 0 aliphatic carbocycles. The fraction of sp³-hybridized carbons (Fsp3) is 0.111. The van der Waals surface area contributed by atoms with Gasteiger partial charge in [0.1, 0.15) is 18.1 Å². The predicted molar refractivity (Wildman–Crippen MR) is 54.1 cm³/mol. The van der Waals surface area contributed by atoms with E-state index < -0.39 is 0 Å². The molecule has 74 valence electrons. The van der Waals surface area contributed by atoms with Crippen LogP contribution in [-0.2, 0) is 7.05 Å². The SMILES string of the molecule is Cn1cnnc1Sc1ccnc(C#N)c1. The lowest BCUT2D eigenvalue weighted by Gasteiger charge is -1.99. The second kappa shape index (κ2) is 4.11. The van der Waals surface area contributed by atoms with E-state index in [1.807, 2.05) is 23.8 Å². The largest absolute Gasteiger partial charge is 0.311 e. The quantitative estimate of drug-likeness (QED) is 0.756. The summed E-state index contributed by atoms with van der Waals surface area (Å²) in [5.41, 5.74) is 0.405. The lowest BCUT2D eigenvalue weighted by molar-refractivity contribution is 0.788. The first kappa shape index (κ1) is 9.68. The van der Waals surface area contributed by atoms with Crippen molar-refractivity contribution < 1.29 is 0 Å². The van der Waals surface area contributed by atoms with Crippen LogP contribution in [0.3, 0.4) is 0 Å². The molecular formula is C9H7N5S. The molecule has 15 heavy (non-hydrogen) atoms. The molecule has 5 nitrogen and oxygen atoms in total. The molecule has 0 radical (unpaired) electrons. The Morgan fingerprint density at radius 2 is 2.40 bits per heavy atom. The van der Waals surface area contributed by atoms with Crippen LogP contribution in [0.2, 0.25) is 0 Å². The van der Waals surface area contributed by atoms with E-state index in [2.05, 4.69) is 15.2 Å². The minimum absolute atomic E-state index is 0.405. The van der Waals surface area contributed by atoms with Crippen LogP contribution in [0, 0.1) is 11.3 Å². The normalized spacial score (nSPS) is 9.87. The van der Waals surface area contributed by atoms with Crippen molar-refractivity contribution in [2.45, 2.75) is 10.1 Å². The molecule has 0 unspecified atom stereocenters. The molecule has 0 bridgehead atoms. The van der Waals surface area contributed by atoms with Crippen LogP contribution >= 0.6 is 11.8 Å². The third kappa shape index (κ3) is 2.14. The highest BCUT2D eigenvalue weighted by molar-refractivity contribution is 7.99. The maximum Gasteiger partial charge on any atom is 0.195 e. The van der Waals surface area contributed by atoms with Crippen molar-refractivity contribution >= 4 is 11.8 Å². The molecule has 0 fully saturated rings. The summed E-state index contributed by atoms with van der Waals surface area (Å²) in [5, 5.41) is 17.2. The van der Waals surface area contributed by atoms with E-state index >= 15 is 0 Å². The Balaban J connectivity index is 2.25. The zero-order chi connectivity index (χ0) is 10.7. The van der Waals surface area contributed by atoms with Gasteiger partial charge in [-0.2, -0.15) is 5.26 Å². The minimum atomic E-state index is 0.405. The number of aryl methyl sites for hydroxylation is 1. The van der Waals surface area contributed by atoms with Gasteiger partial charge in [-0.3, -0.25) is 0 Å². The number of nitriles is 1. The summed E-state index contributed by atoms with van der Waals surface area (Å²) in [5.74, 6) is 0. The van der Waals surface area contributed by atoms with Gasteiger partial charge in [0, 0.05) is 18.1 Å². The van der Waals surface area contributed by atoms with E-state index in [1.165, 1.54) is 11.8 Å². The van der Waals surface area contributed by atoms with Crippen molar-refractivity contribution in [3.63, 3.8) is 0 Å². The Labute approximate surface area is 90.8 Å². The van der Waals surface area contributed by atoms with Gasteiger partial charge >= 0.3 is 0 Å². The molecular weight excluding hydrogens is 210 g/mol. The molecule has 0 saturated heterocycles. The number of hydrogen-bond donors (Lipinski definition) is 0. The van der Waals surface area contributed by atoms with Crippen LogP contribution in [0.5, 0.6) is 0 Å². The third-order valence-electron chi connectivity index (χ3n) is 1.72. The van der Waals surface area contributed by atoms with Crippen LogP contribution in [-0.4, -0.2) is 19.7 Å². The molecule has 0 atom stereocenters. The average Bonchev–Trinajstić information content (AvgIpc) is 2.65. The average molecular weight is 217 g/mol. The van der Waals surface area contributed by atoms with Gasteiger partial charge in [-0.15, -0.1) is 10.2 Å². The maximum absolute atomic E-state index is 8.69. The van der Waals surface area contributed by atoms with Gasteiger partial charge in [-0.05, 0) is 23.9 Å². The van der Waals surface area contributed by atoms with Crippen LogP contribution in [0.15, 0.2) is 34.7 Å². The first-order chi connectivity index (χ1) is 7.29. The van der Waals surface area contributed by atoms with E-state index in [4.69, 9.17) is 5.26 Å². The molecule has 0 N–H and O–H groups in total. The fourth-order valence-corrected chi connectivity index (χ4v) is 1.80. The van der Waals surface area contributed by atoms with E-state index in [-0.39, 0.29) is 0 Å². The van der Waals surface area contributed by atoms with Gasteiger partial charge in [0.2, 0.25) is 0 Å².